The van der Waals surface area contributed by atoms with Crippen molar-refractivity contribution in [1.29, 1.82) is 0 Å². The molecule has 0 saturated carbocycles. The zero-order chi connectivity index (χ0) is 8.85. The zero-order valence-electron chi connectivity index (χ0n) is 6.11. The van der Waals surface area contributed by atoms with Crippen LogP contribution in [0.15, 0.2) is 0 Å². The van der Waals surface area contributed by atoms with Gasteiger partial charge in [0.15, 0.2) is 0 Å². The number of carbonyl (C=O) groups excluding carboxylic acids is 1. The topological polar surface area (TPSA) is 92.5 Å². The minimum atomic E-state index is -2.14. The Kier molecular flexibility index (Phi) is 5.01. The van der Waals surface area contributed by atoms with Crippen LogP contribution in [0.5, 0.6) is 0 Å². The maximum absolute atomic E-state index is 10.6. The molecule has 5 nitrogen and oxygen atoms in total. The van der Waals surface area contributed by atoms with Crippen LogP contribution < -0.4 is 5.73 Å². The average molecular weight is 180 g/mol. The summed E-state index contributed by atoms with van der Waals surface area (Å²) in [6, 6.07) is -0.835. The largest absolute Gasteiger partial charge is 0.772 e. The Labute approximate surface area is 67.2 Å². The van der Waals surface area contributed by atoms with Crippen LogP contribution in [0.3, 0.4) is 0 Å². The third kappa shape index (κ3) is 4.88. The highest BCUT2D eigenvalue weighted by atomic mass is 32.2. The zero-order valence-corrected chi connectivity index (χ0v) is 6.93. The molecule has 0 aliphatic rings. The Bertz CT molecular complexity index is 161. The monoisotopic (exact) mass is 180 g/mol. The van der Waals surface area contributed by atoms with Gasteiger partial charge in [0.05, 0.1) is 7.11 Å². The van der Waals surface area contributed by atoms with Gasteiger partial charge in [-0.1, -0.05) is 11.1 Å². The lowest BCUT2D eigenvalue weighted by atomic mass is 10.2. The summed E-state index contributed by atoms with van der Waals surface area (Å²) < 4.78 is 24.3. The molecule has 0 aromatic heterocycles. The molecule has 11 heavy (non-hydrogen) atoms. The molecule has 0 spiro atoms. The summed E-state index contributed by atoms with van der Waals surface area (Å²) in [5.41, 5.74) is 5.23. The van der Waals surface area contributed by atoms with E-state index in [1.165, 1.54) is 7.11 Å². The molecule has 0 bridgehead atoms. The third-order valence-electron chi connectivity index (χ3n) is 1.10. The molecule has 0 rings (SSSR count). The second-order valence-corrected chi connectivity index (χ2v) is 2.94. The van der Waals surface area contributed by atoms with Gasteiger partial charge in [0.1, 0.15) is 6.04 Å². The van der Waals surface area contributed by atoms with Crippen molar-refractivity contribution in [3.8, 4) is 0 Å². The van der Waals surface area contributed by atoms with Crippen molar-refractivity contribution in [2.75, 3.05) is 12.9 Å². The predicted octanol–water partition coefficient (Wildman–Crippen LogP) is -1.24. The van der Waals surface area contributed by atoms with E-state index < -0.39 is 23.1 Å². The van der Waals surface area contributed by atoms with Crippen LogP contribution in [-0.2, 0) is 20.6 Å². The van der Waals surface area contributed by atoms with Gasteiger partial charge in [0.25, 0.3) is 0 Å². The Balaban J connectivity index is 3.60. The predicted molar refractivity (Wildman–Crippen MR) is 38.4 cm³/mol. The first-order valence-electron chi connectivity index (χ1n) is 2.97. The molecule has 6 heteroatoms. The van der Waals surface area contributed by atoms with Crippen molar-refractivity contribution in [2.45, 2.75) is 12.5 Å². The first kappa shape index (κ1) is 10.5. The highest BCUT2D eigenvalue weighted by molar-refractivity contribution is 7.79. The van der Waals surface area contributed by atoms with Gasteiger partial charge in [0.2, 0.25) is 0 Å². The van der Waals surface area contributed by atoms with Gasteiger partial charge in [-0.05, 0) is 6.42 Å². The van der Waals surface area contributed by atoms with Crippen LogP contribution in [0.4, 0.5) is 0 Å². The molecule has 0 saturated heterocycles. The fourth-order valence-corrected chi connectivity index (χ4v) is 0.939. The molecule has 0 amide bonds. The van der Waals surface area contributed by atoms with Crippen LogP contribution in [-0.4, -0.2) is 33.6 Å². The van der Waals surface area contributed by atoms with Gasteiger partial charge in [0, 0.05) is 5.75 Å². The van der Waals surface area contributed by atoms with E-state index in [0.717, 1.165) is 0 Å². The lowest BCUT2D eigenvalue weighted by Crippen LogP contribution is -2.32. The quantitative estimate of drug-likeness (QED) is 0.431. The fraction of sp³-hybridized carbons (Fsp3) is 0.800. The van der Waals surface area contributed by atoms with Gasteiger partial charge < -0.3 is 15.0 Å². The van der Waals surface area contributed by atoms with E-state index in [1.54, 1.807) is 0 Å². The SMILES string of the molecule is COC(=O)C(N)CCS(=O)[O-]. The van der Waals surface area contributed by atoms with Crippen LogP contribution in [0.25, 0.3) is 0 Å². The Morgan fingerprint density at radius 3 is 2.73 bits per heavy atom. The number of hydrogen-bond acceptors (Lipinski definition) is 5. The van der Waals surface area contributed by atoms with Crippen molar-refractivity contribution in [2.24, 2.45) is 5.73 Å². The number of carbonyl (C=O) groups is 1. The van der Waals surface area contributed by atoms with Gasteiger partial charge in [-0.15, -0.1) is 0 Å². The van der Waals surface area contributed by atoms with Crippen molar-refractivity contribution < 1.29 is 18.3 Å². The summed E-state index contributed by atoms with van der Waals surface area (Å²) in [5, 5.41) is 0. The van der Waals surface area contributed by atoms with Crippen molar-refractivity contribution in [3.63, 3.8) is 0 Å². The first-order valence-corrected chi connectivity index (χ1v) is 4.21. The molecule has 2 unspecified atom stereocenters. The second-order valence-electron chi connectivity index (χ2n) is 1.93. The molecule has 2 atom stereocenters. The molecular formula is C5H10NO4S-. The summed E-state index contributed by atoms with van der Waals surface area (Å²) in [4.78, 5) is 10.6. The van der Waals surface area contributed by atoms with Crippen LogP contribution in [0.2, 0.25) is 0 Å². The number of ether oxygens (including phenoxy) is 1. The summed E-state index contributed by atoms with van der Waals surface area (Å²) in [6.45, 7) is 0. The standard InChI is InChI=1S/C5H11NO4S/c1-10-5(7)4(6)2-3-11(8)9/h4H,2-3,6H2,1H3,(H,8,9)/p-1. The Morgan fingerprint density at radius 2 is 2.36 bits per heavy atom. The molecule has 0 aliphatic carbocycles. The van der Waals surface area contributed by atoms with E-state index >= 15 is 0 Å². The molecule has 0 heterocycles. The van der Waals surface area contributed by atoms with Crippen molar-refractivity contribution >= 4 is 17.0 Å². The average Bonchev–Trinajstić information content (AvgIpc) is 1.98. The van der Waals surface area contributed by atoms with E-state index in [2.05, 4.69) is 4.74 Å². The normalized spacial score (nSPS) is 15.5. The molecule has 0 fully saturated rings. The smallest absolute Gasteiger partial charge is 0.322 e. The number of esters is 1. The number of methoxy groups -OCH3 is 1. The van der Waals surface area contributed by atoms with E-state index in [1.807, 2.05) is 0 Å². The van der Waals surface area contributed by atoms with E-state index in [4.69, 9.17) is 5.73 Å². The number of rotatable bonds is 4. The highest BCUT2D eigenvalue weighted by Gasteiger charge is 2.12. The van der Waals surface area contributed by atoms with Crippen LogP contribution in [0.1, 0.15) is 6.42 Å². The highest BCUT2D eigenvalue weighted by Crippen LogP contribution is 1.92. The van der Waals surface area contributed by atoms with Gasteiger partial charge in [-0.25, -0.2) is 0 Å². The van der Waals surface area contributed by atoms with Crippen molar-refractivity contribution in [3.05, 3.63) is 0 Å². The van der Waals surface area contributed by atoms with Crippen LogP contribution in [0, 0.1) is 0 Å². The van der Waals surface area contributed by atoms with E-state index in [0.29, 0.717) is 0 Å². The number of nitrogens with two attached hydrogens (primary N) is 1. The van der Waals surface area contributed by atoms with Gasteiger partial charge in [-0.2, -0.15) is 0 Å². The maximum Gasteiger partial charge on any atom is 0.322 e. The molecule has 0 aromatic rings. The maximum atomic E-state index is 10.6. The minimum absolute atomic E-state index is 0.1000. The summed E-state index contributed by atoms with van der Waals surface area (Å²) >= 11 is -2.14. The minimum Gasteiger partial charge on any atom is -0.772 e. The van der Waals surface area contributed by atoms with Crippen LogP contribution >= 0.6 is 0 Å². The molecule has 0 aliphatic heterocycles. The third-order valence-corrected chi connectivity index (χ3v) is 1.67. The molecule has 2 N–H and O–H groups in total. The fourth-order valence-electron chi connectivity index (χ4n) is 0.492. The Morgan fingerprint density at radius 1 is 1.82 bits per heavy atom. The number of hydrogen-bond donors (Lipinski definition) is 1. The first-order chi connectivity index (χ1) is 5.07. The molecular weight excluding hydrogens is 170 g/mol. The second kappa shape index (κ2) is 5.22. The summed E-state index contributed by atoms with van der Waals surface area (Å²) in [7, 11) is 1.20. The molecule has 0 radical (unpaired) electrons. The molecule has 0 aromatic carbocycles. The van der Waals surface area contributed by atoms with E-state index in [-0.39, 0.29) is 12.2 Å². The summed E-state index contributed by atoms with van der Waals surface area (Å²) in [5.74, 6) is -0.702. The van der Waals surface area contributed by atoms with Gasteiger partial charge >= 0.3 is 5.97 Å². The van der Waals surface area contributed by atoms with Crippen molar-refractivity contribution in [1.82, 2.24) is 0 Å². The van der Waals surface area contributed by atoms with Gasteiger partial charge in [-0.3, -0.25) is 9.00 Å². The van der Waals surface area contributed by atoms with E-state index in [9.17, 15) is 13.6 Å². The lowest BCUT2D eigenvalue weighted by Gasteiger charge is -2.09. The summed E-state index contributed by atoms with van der Waals surface area (Å²) in [6.07, 6.45) is 0.1000. The lowest BCUT2D eigenvalue weighted by molar-refractivity contribution is -0.142. The Hall–Kier alpha value is -0.460. The molecule has 66 valence electrons.